The second kappa shape index (κ2) is 10.8. The minimum atomic E-state index is -0.681. The highest BCUT2D eigenvalue weighted by atomic mass is 19.1. The highest BCUT2D eigenvalue weighted by Gasteiger charge is 2.37. The number of carbonyl (C=O) groups excluding carboxylic acids is 2. The Labute approximate surface area is 218 Å². The number of carbonyl (C=O) groups is 2. The van der Waals surface area contributed by atoms with E-state index >= 15 is 0 Å². The number of nitrogens with zero attached hydrogens (tertiary/aromatic N) is 1. The molecule has 0 fully saturated rings. The zero-order valence-corrected chi connectivity index (χ0v) is 22.2. The Morgan fingerprint density at radius 3 is 2.35 bits per heavy atom. The van der Waals surface area contributed by atoms with E-state index in [2.05, 4.69) is 5.32 Å². The Morgan fingerprint density at radius 2 is 1.73 bits per heavy atom. The first-order valence-electron chi connectivity index (χ1n) is 12.8. The monoisotopic (exact) mass is 502 g/mol. The van der Waals surface area contributed by atoms with Crippen molar-refractivity contribution in [1.29, 1.82) is 0 Å². The third-order valence-electron chi connectivity index (χ3n) is 6.69. The first kappa shape index (κ1) is 26.4. The maximum absolute atomic E-state index is 13.8. The standard InChI is InChI=1S/C31H35FN2O3/c1-6-27(29(35)33-24-14-7-20(2)8-15-24)37-25-16-11-21-17-18-34(30(36)31(3,4)5)28(26(21)19-25)22-9-12-23(32)13-10-22/h7-16,19,27-28H,6,17-18H2,1-5H3,(H,33,35). The van der Waals surface area contributed by atoms with Gasteiger partial charge in [-0.05, 0) is 72.9 Å². The lowest BCUT2D eigenvalue weighted by Gasteiger charge is -2.41. The van der Waals surface area contributed by atoms with Gasteiger partial charge in [0.15, 0.2) is 6.10 Å². The Morgan fingerprint density at radius 1 is 1.05 bits per heavy atom. The molecule has 0 spiro atoms. The van der Waals surface area contributed by atoms with E-state index in [-0.39, 0.29) is 23.7 Å². The van der Waals surface area contributed by atoms with E-state index < -0.39 is 11.5 Å². The molecular weight excluding hydrogens is 467 g/mol. The van der Waals surface area contributed by atoms with Crippen LogP contribution >= 0.6 is 0 Å². The van der Waals surface area contributed by atoms with Gasteiger partial charge in [0.1, 0.15) is 11.6 Å². The lowest BCUT2D eigenvalue weighted by Crippen LogP contribution is -2.45. The predicted molar refractivity (Wildman–Crippen MR) is 144 cm³/mol. The number of fused-ring (bicyclic) bond motifs is 1. The quantitative estimate of drug-likeness (QED) is 0.421. The Kier molecular flexibility index (Phi) is 7.67. The molecule has 3 aromatic carbocycles. The van der Waals surface area contributed by atoms with Crippen LogP contribution in [0.5, 0.6) is 5.75 Å². The summed E-state index contributed by atoms with van der Waals surface area (Å²) in [6.07, 6.45) is 0.518. The lowest BCUT2D eigenvalue weighted by molar-refractivity contribution is -0.141. The second-order valence-electron chi connectivity index (χ2n) is 10.7. The number of hydrogen-bond donors (Lipinski definition) is 1. The number of aryl methyl sites for hydroxylation is 1. The number of hydrogen-bond acceptors (Lipinski definition) is 3. The molecule has 2 amide bonds. The van der Waals surface area contributed by atoms with Gasteiger partial charge in [-0.3, -0.25) is 9.59 Å². The minimum absolute atomic E-state index is 0.0303. The zero-order chi connectivity index (χ0) is 26.7. The van der Waals surface area contributed by atoms with Gasteiger partial charge in [0.2, 0.25) is 5.91 Å². The molecule has 3 aromatic rings. The van der Waals surface area contributed by atoms with Crippen molar-refractivity contribution in [3.05, 3.63) is 94.8 Å². The Balaban J connectivity index is 1.65. The normalized spacial score (nSPS) is 16.1. The van der Waals surface area contributed by atoms with Crippen LogP contribution in [0.3, 0.4) is 0 Å². The molecule has 2 atom stereocenters. The van der Waals surface area contributed by atoms with E-state index in [1.807, 2.05) is 82.0 Å². The van der Waals surface area contributed by atoms with Crippen LogP contribution in [-0.4, -0.2) is 29.4 Å². The molecule has 0 radical (unpaired) electrons. The van der Waals surface area contributed by atoms with Gasteiger partial charge in [-0.1, -0.05) is 63.6 Å². The van der Waals surface area contributed by atoms with Crippen molar-refractivity contribution in [3.63, 3.8) is 0 Å². The summed E-state index contributed by atoms with van der Waals surface area (Å²) in [5.41, 5.74) is 4.14. The molecular formula is C31H35FN2O3. The zero-order valence-electron chi connectivity index (χ0n) is 22.2. The number of anilines is 1. The van der Waals surface area contributed by atoms with Gasteiger partial charge in [0.05, 0.1) is 6.04 Å². The molecule has 6 heteroatoms. The molecule has 1 N–H and O–H groups in total. The van der Waals surface area contributed by atoms with Crippen LogP contribution in [0.4, 0.5) is 10.1 Å². The summed E-state index contributed by atoms with van der Waals surface area (Å²) in [4.78, 5) is 28.3. The number of ether oxygens (including phenoxy) is 1. The highest BCUT2D eigenvalue weighted by Crippen LogP contribution is 2.39. The molecule has 4 rings (SSSR count). The molecule has 2 unspecified atom stereocenters. The van der Waals surface area contributed by atoms with Crippen molar-refractivity contribution in [2.24, 2.45) is 5.41 Å². The number of benzene rings is 3. The number of amides is 2. The SMILES string of the molecule is CCC(Oc1ccc2c(c1)C(c1ccc(F)cc1)N(C(=O)C(C)(C)C)CC2)C(=O)Nc1ccc(C)cc1. The van der Waals surface area contributed by atoms with Crippen LogP contribution in [0.15, 0.2) is 66.7 Å². The van der Waals surface area contributed by atoms with Crippen LogP contribution in [0, 0.1) is 18.2 Å². The number of halogens is 1. The molecule has 37 heavy (non-hydrogen) atoms. The maximum Gasteiger partial charge on any atom is 0.265 e. The van der Waals surface area contributed by atoms with Crippen molar-refractivity contribution in [2.75, 3.05) is 11.9 Å². The smallest absolute Gasteiger partial charge is 0.265 e. The molecule has 0 aromatic heterocycles. The van der Waals surface area contributed by atoms with Crippen LogP contribution in [0.1, 0.15) is 62.4 Å². The van der Waals surface area contributed by atoms with Gasteiger partial charge in [-0.25, -0.2) is 4.39 Å². The molecule has 5 nitrogen and oxygen atoms in total. The minimum Gasteiger partial charge on any atom is -0.481 e. The van der Waals surface area contributed by atoms with Gasteiger partial charge in [-0.2, -0.15) is 0 Å². The van der Waals surface area contributed by atoms with Gasteiger partial charge in [-0.15, -0.1) is 0 Å². The van der Waals surface area contributed by atoms with E-state index in [0.717, 1.165) is 27.9 Å². The van der Waals surface area contributed by atoms with E-state index in [9.17, 15) is 14.0 Å². The van der Waals surface area contributed by atoms with Gasteiger partial charge in [0, 0.05) is 17.6 Å². The van der Waals surface area contributed by atoms with Crippen LogP contribution in [-0.2, 0) is 16.0 Å². The van der Waals surface area contributed by atoms with Crippen molar-refractivity contribution in [2.45, 2.75) is 59.6 Å². The average Bonchev–Trinajstić information content (AvgIpc) is 2.87. The summed E-state index contributed by atoms with van der Waals surface area (Å²) >= 11 is 0. The summed E-state index contributed by atoms with van der Waals surface area (Å²) in [5, 5.41) is 2.93. The van der Waals surface area contributed by atoms with Crippen molar-refractivity contribution in [1.82, 2.24) is 4.90 Å². The molecule has 0 bridgehead atoms. The summed E-state index contributed by atoms with van der Waals surface area (Å²) < 4.78 is 19.9. The lowest BCUT2D eigenvalue weighted by atomic mass is 9.85. The Bertz CT molecular complexity index is 1260. The van der Waals surface area contributed by atoms with Gasteiger partial charge < -0.3 is 15.0 Å². The van der Waals surface area contributed by atoms with Crippen molar-refractivity contribution in [3.8, 4) is 5.75 Å². The molecule has 1 aliphatic heterocycles. The fourth-order valence-corrected chi connectivity index (χ4v) is 4.67. The fraction of sp³-hybridized carbons (Fsp3) is 0.355. The molecule has 1 heterocycles. The first-order valence-corrected chi connectivity index (χ1v) is 12.8. The van der Waals surface area contributed by atoms with Crippen LogP contribution in [0.25, 0.3) is 0 Å². The molecule has 0 aliphatic carbocycles. The van der Waals surface area contributed by atoms with E-state index in [1.54, 1.807) is 12.1 Å². The Hall–Kier alpha value is -3.67. The van der Waals surface area contributed by atoms with Crippen molar-refractivity contribution >= 4 is 17.5 Å². The summed E-state index contributed by atoms with van der Waals surface area (Å²) in [6, 6.07) is 19.4. The van der Waals surface area contributed by atoms with E-state index in [4.69, 9.17) is 4.74 Å². The number of rotatable bonds is 6. The second-order valence-corrected chi connectivity index (χ2v) is 10.7. The topological polar surface area (TPSA) is 58.6 Å². The molecule has 0 saturated carbocycles. The fourth-order valence-electron chi connectivity index (χ4n) is 4.67. The van der Waals surface area contributed by atoms with Crippen LogP contribution < -0.4 is 10.1 Å². The highest BCUT2D eigenvalue weighted by molar-refractivity contribution is 5.94. The largest absolute Gasteiger partial charge is 0.481 e. The average molecular weight is 503 g/mol. The molecule has 194 valence electrons. The summed E-state index contributed by atoms with van der Waals surface area (Å²) in [7, 11) is 0. The van der Waals surface area contributed by atoms with E-state index in [1.165, 1.54) is 12.1 Å². The first-order chi connectivity index (χ1) is 17.6. The predicted octanol–water partition coefficient (Wildman–Crippen LogP) is 6.45. The summed E-state index contributed by atoms with van der Waals surface area (Å²) in [6.45, 7) is 10.2. The molecule has 1 aliphatic rings. The maximum atomic E-state index is 13.8. The van der Waals surface area contributed by atoms with E-state index in [0.29, 0.717) is 25.1 Å². The summed E-state index contributed by atoms with van der Waals surface area (Å²) in [5.74, 6) is 0.0455. The van der Waals surface area contributed by atoms with Gasteiger partial charge in [0.25, 0.3) is 5.91 Å². The van der Waals surface area contributed by atoms with Crippen LogP contribution in [0.2, 0.25) is 0 Å². The number of nitrogens with one attached hydrogen (secondary N) is 1. The third kappa shape index (κ3) is 6.01. The molecule has 0 saturated heterocycles. The third-order valence-corrected chi connectivity index (χ3v) is 6.69. The van der Waals surface area contributed by atoms with Crippen molar-refractivity contribution < 1.29 is 18.7 Å². The van der Waals surface area contributed by atoms with Gasteiger partial charge >= 0.3 is 0 Å².